The Hall–Kier alpha value is -1.96. The fourth-order valence-corrected chi connectivity index (χ4v) is 4.76. The van der Waals surface area contributed by atoms with Gasteiger partial charge in [-0.05, 0) is 48.8 Å². The van der Waals surface area contributed by atoms with Crippen molar-refractivity contribution in [1.29, 1.82) is 0 Å². The average molecular weight is 416 g/mol. The van der Waals surface area contributed by atoms with Gasteiger partial charge in [0.05, 0.1) is 17.5 Å². The lowest BCUT2D eigenvalue weighted by Gasteiger charge is -2.14. The summed E-state index contributed by atoms with van der Waals surface area (Å²) < 4.78 is 3.20. The zero-order valence-electron chi connectivity index (χ0n) is 15.2. The molecule has 0 bridgehead atoms. The first-order valence-electron chi connectivity index (χ1n) is 8.73. The molecule has 1 atom stereocenters. The molecule has 140 valence electrons. The largest absolute Gasteiger partial charge is 0.349 e. The van der Waals surface area contributed by atoms with E-state index in [0.717, 1.165) is 22.0 Å². The number of aryl methyl sites for hydroxylation is 1. The molecule has 0 unspecified atom stereocenters. The van der Waals surface area contributed by atoms with E-state index in [9.17, 15) is 4.79 Å². The number of amides is 1. The number of carbonyl (C=O) groups excluding carboxylic acids is 1. The predicted octanol–water partition coefficient (Wildman–Crippen LogP) is 5.20. The summed E-state index contributed by atoms with van der Waals surface area (Å²) in [6.45, 7) is 4.13. The number of rotatable bonds is 7. The van der Waals surface area contributed by atoms with Crippen molar-refractivity contribution in [2.45, 2.75) is 30.6 Å². The summed E-state index contributed by atoms with van der Waals surface area (Å²) in [6.07, 6.45) is 1.01. The van der Waals surface area contributed by atoms with Crippen molar-refractivity contribution in [3.05, 3.63) is 69.7 Å². The third-order valence-electron chi connectivity index (χ3n) is 4.12. The number of hydrogen-bond acceptors (Lipinski definition) is 5. The number of carbonyl (C=O) groups is 1. The lowest BCUT2D eigenvalue weighted by molar-refractivity contribution is -0.119. The zero-order chi connectivity index (χ0) is 19.2. The van der Waals surface area contributed by atoms with Gasteiger partial charge >= 0.3 is 0 Å². The molecular formula is C20H21N3OS3. The second kappa shape index (κ2) is 9.30. The van der Waals surface area contributed by atoms with E-state index in [1.807, 2.05) is 37.3 Å². The number of hydrogen-bond donors (Lipinski definition) is 1. The molecule has 0 radical (unpaired) electrons. The summed E-state index contributed by atoms with van der Waals surface area (Å²) in [5.74, 6) is 0.300. The van der Waals surface area contributed by atoms with Gasteiger partial charge in [0.15, 0.2) is 8.29 Å². The first-order chi connectivity index (χ1) is 13.1. The molecule has 0 fully saturated rings. The van der Waals surface area contributed by atoms with Crippen LogP contribution in [0.25, 0.3) is 5.69 Å². The molecule has 1 heterocycles. The maximum absolute atomic E-state index is 12.3. The van der Waals surface area contributed by atoms with E-state index in [1.54, 1.807) is 4.68 Å². The minimum atomic E-state index is -0.0240. The topological polar surface area (TPSA) is 46.9 Å². The van der Waals surface area contributed by atoms with Crippen LogP contribution in [0.2, 0.25) is 0 Å². The summed E-state index contributed by atoms with van der Waals surface area (Å²) in [7, 11) is 0. The van der Waals surface area contributed by atoms with Gasteiger partial charge in [0.2, 0.25) is 5.91 Å². The van der Waals surface area contributed by atoms with Crippen LogP contribution < -0.4 is 5.32 Å². The van der Waals surface area contributed by atoms with Crippen LogP contribution in [0.3, 0.4) is 0 Å². The third kappa shape index (κ3) is 5.28. The molecule has 7 heteroatoms. The lowest BCUT2D eigenvalue weighted by Crippen LogP contribution is -2.28. The fraction of sp³-hybridized carbons (Fsp3) is 0.250. The van der Waals surface area contributed by atoms with Crippen molar-refractivity contribution in [2.24, 2.45) is 0 Å². The Morgan fingerprint density at radius 1 is 1.22 bits per heavy atom. The van der Waals surface area contributed by atoms with Crippen LogP contribution >= 0.6 is 35.3 Å². The maximum Gasteiger partial charge on any atom is 0.230 e. The van der Waals surface area contributed by atoms with Crippen LogP contribution in [0.5, 0.6) is 0 Å². The third-order valence-corrected chi connectivity index (χ3v) is 6.49. The van der Waals surface area contributed by atoms with E-state index in [1.165, 1.54) is 28.7 Å². The Labute approximate surface area is 172 Å². The molecule has 1 aromatic heterocycles. The number of nitrogens with one attached hydrogen (secondary N) is 1. The smallest absolute Gasteiger partial charge is 0.230 e. The Balaban J connectivity index is 1.57. The van der Waals surface area contributed by atoms with Gasteiger partial charge in [-0.3, -0.25) is 4.79 Å². The Morgan fingerprint density at radius 2 is 1.93 bits per heavy atom. The van der Waals surface area contributed by atoms with E-state index in [0.29, 0.717) is 9.71 Å². The van der Waals surface area contributed by atoms with Gasteiger partial charge in [-0.2, -0.15) is 0 Å². The van der Waals surface area contributed by atoms with Gasteiger partial charge in [0, 0.05) is 0 Å². The van der Waals surface area contributed by atoms with Gasteiger partial charge in [-0.1, -0.05) is 72.5 Å². The predicted molar refractivity (Wildman–Crippen MR) is 115 cm³/mol. The first kappa shape index (κ1) is 19.8. The highest BCUT2D eigenvalue weighted by Gasteiger charge is 2.12. The summed E-state index contributed by atoms with van der Waals surface area (Å²) >= 11 is 8.22. The SMILES string of the molecule is CCc1ccc([C@H](C)NC(=O)CSc2nn(-c3ccccc3)c(=S)s2)cc1. The van der Waals surface area contributed by atoms with Crippen LogP contribution in [-0.2, 0) is 11.2 Å². The molecule has 4 nitrogen and oxygen atoms in total. The number of thioether (sulfide) groups is 1. The van der Waals surface area contributed by atoms with Gasteiger partial charge in [0.1, 0.15) is 0 Å². The normalized spacial score (nSPS) is 11.9. The average Bonchev–Trinajstić information content (AvgIpc) is 3.07. The molecule has 0 aliphatic carbocycles. The molecule has 0 aliphatic rings. The second-order valence-electron chi connectivity index (χ2n) is 6.05. The quantitative estimate of drug-likeness (QED) is 0.426. The molecule has 0 saturated heterocycles. The highest BCUT2D eigenvalue weighted by Crippen LogP contribution is 2.24. The highest BCUT2D eigenvalue weighted by molar-refractivity contribution is 8.01. The second-order valence-corrected chi connectivity index (χ2v) is 8.90. The molecule has 3 rings (SSSR count). The first-order valence-corrected chi connectivity index (χ1v) is 10.9. The Morgan fingerprint density at radius 3 is 2.59 bits per heavy atom. The standard InChI is InChI=1S/C20H21N3OS3/c1-3-15-9-11-16(12-10-15)14(2)21-18(24)13-26-19-22-23(20(25)27-19)17-7-5-4-6-8-17/h4-12,14H,3,13H2,1-2H3,(H,21,24)/t14-/m0/s1. The van der Waals surface area contributed by atoms with E-state index in [4.69, 9.17) is 12.2 Å². The lowest BCUT2D eigenvalue weighted by atomic mass is 10.1. The monoisotopic (exact) mass is 415 g/mol. The number of para-hydroxylation sites is 1. The van der Waals surface area contributed by atoms with Gasteiger partial charge in [-0.25, -0.2) is 4.68 Å². The van der Waals surface area contributed by atoms with E-state index in [2.05, 4.69) is 41.6 Å². The number of aromatic nitrogens is 2. The molecule has 0 spiro atoms. The molecule has 1 amide bonds. The van der Waals surface area contributed by atoms with Crippen molar-refractivity contribution in [3.8, 4) is 5.69 Å². The molecule has 0 saturated carbocycles. The molecule has 27 heavy (non-hydrogen) atoms. The summed E-state index contributed by atoms with van der Waals surface area (Å²) in [5, 5.41) is 7.56. The zero-order valence-corrected chi connectivity index (χ0v) is 17.7. The van der Waals surface area contributed by atoms with Crippen molar-refractivity contribution in [1.82, 2.24) is 15.1 Å². The Kier molecular flexibility index (Phi) is 6.82. The summed E-state index contributed by atoms with van der Waals surface area (Å²) in [6, 6.07) is 18.1. The maximum atomic E-state index is 12.3. The van der Waals surface area contributed by atoms with Crippen molar-refractivity contribution < 1.29 is 4.79 Å². The van der Waals surface area contributed by atoms with Crippen molar-refractivity contribution in [3.63, 3.8) is 0 Å². The van der Waals surface area contributed by atoms with E-state index < -0.39 is 0 Å². The van der Waals surface area contributed by atoms with Crippen LogP contribution in [0.1, 0.15) is 31.0 Å². The van der Waals surface area contributed by atoms with Gasteiger partial charge < -0.3 is 5.32 Å². The number of nitrogens with zero attached hydrogens (tertiary/aromatic N) is 2. The van der Waals surface area contributed by atoms with Crippen molar-refractivity contribution in [2.75, 3.05) is 5.75 Å². The minimum absolute atomic E-state index is 0.0144. The summed E-state index contributed by atoms with van der Waals surface area (Å²) in [4.78, 5) is 12.3. The molecule has 1 N–H and O–H groups in total. The Bertz CT molecular complexity index is 949. The van der Waals surface area contributed by atoms with Crippen molar-refractivity contribution >= 4 is 41.2 Å². The van der Waals surface area contributed by atoms with Crippen LogP contribution in [0.15, 0.2) is 58.9 Å². The number of benzene rings is 2. The van der Waals surface area contributed by atoms with Gasteiger partial charge in [0.25, 0.3) is 0 Å². The molecular weight excluding hydrogens is 394 g/mol. The molecule has 0 aliphatic heterocycles. The van der Waals surface area contributed by atoms with Crippen LogP contribution in [0.4, 0.5) is 0 Å². The summed E-state index contributed by atoms with van der Waals surface area (Å²) in [5.41, 5.74) is 3.33. The minimum Gasteiger partial charge on any atom is -0.349 e. The molecule has 3 aromatic rings. The fourth-order valence-electron chi connectivity index (χ4n) is 2.59. The van der Waals surface area contributed by atoms with E-state index in [-0.39, 0.29) is 11.9 Å². The highest BCUT2D eigenvalue weighted by atomic mass is 32.2. The van der Waals surface area contributed by atoms with Crippen LogP contribution in [-0.4, -0.2) is 21.4 Å². The van der Waals surface area contributed by atoms with Crippen LogP contribution in [0, 0.1) is 3.95 Å². The van der Waals surface area contributed by atoms with E-state index >= 15 is 0 Å². The van der Waals surface area contributed by atoms with Gasteiger partial charge in [-0.15, -0.1) is 5.10 Å². The molecule has 2 aromatic carbocycles.